The molecule has 0 aliphatic heterocycles. The van der Waals surface area contributed by atoms with Crippen LogP contribution in [0.5, 0.6) is 0 Å². The summed E-state index contributed by atoms with van der Waals surface area (Å²) in [6.45, 7) is 2.45. The molecule has 0 fully saturated rings. The molecule has 6 heteroatoms. The molecular weight excluding hydrogens is 249 g/mol. The maximum Gasteiger partial charge on any atom is 0.164 e. The number of aliphatic hydroxyl groups is 1. The van der Waals surface area contributed by atoms with Crippen LogP contribution in [0, 0.1) is 12.7 Å². The molecule has 5 nitrogen and oxygen atoms in total. The normalized spacial score (nSPS) is 10.9. The van der Waals surface area contributed by atoms with Crippen LogP contribution in [0.15, 0.2) is 18.2 Å². The van der Waals surface area contributed by atoms with E-state index in [1.807, 2.05) is 0 Å². The van der Waals surface area contributed by atoms with E-state index in [1.165, 1.54) is 6.07 Å². The number of hydrogen-bond acceptors (Lipinski definition) is 4. The Bertz CT molecular complexity index is 569. The third-order valence-electron chi connectivity index (χ3n) is 2.92. The first kappa shape index (κ1) is 13.6. The predicted molar refractivity (Wildman–Crippen MR) is 68.0 cm³/mol. The highest BCUT2D eigenvalue weighted by molar-refractivity contribution is 5.56. The number of rotatable bonds is 5. The van der Waals surface area contributed by atoms with Gasteiger partial charge in [0.1, 0.15) is 12.4 Å². The van der Waals surface area contributed by atoms with Gasteiger partial charge in [0.2, 0.25) is 0 Å². The topological polar surface area (TPSA) is 60.2 Å². The molecule has 19 heavy (non-hydrogen) atoms. The number of ether oxygens (including phenoxy) is 1. The van der Waals surface area contributed by atoms with Crippen LogP contribution in [0.25, 0.3) is 11.4 Å². The molecule has 1 heterocycles. The molecular formula is C13H16FN3O2. The quantitative estimate of drug-likeness (QED) is 0.890. The summed E-state index contributed by atoms with van der Waals surface area (Å²) in [6, 6.07) is 4.90. The third-order valence-corrected chi connectivity index (χ3v) is 2.92. The average molecular weight is 265 g/mol. The lowest BCUT2D eigenvalue weighted by molar-refractivity contribution is 0.183. The molecule has 0 saturated heterocycles. The van der Waals surface area contributed by atoms with E-state index in [2.05, 4.69) is 10.2 Å². The Kier molecular flexibility index (Phi) is 4.24. The molecule has 0 spiro atoms. The Morgan fingerprint density at radius 3 is 2.79 bits per heavy atom. The molecule has 0 saturated carbocycles. The number of aryl methyl sites for hydroxylation is 1. The summed E-state index contributed by atoms with van der Waals surface area (Å²) in [7, 11) is 1.59. The summed E-state index contributed by atoms with van der Waals surface area (Å²) >= 11 is 0. The van der Waals surface area contributed by atoms with E-state index in [-0.39, 0.29) is 12.4 Å². The molecule has 1 N–H and O–H groups in total. The van der Waals surface area contributed by atoms with Crippen LogP contribution < -0.4 is 0 Å². The third kappa shape index (κ3) is 2.80. The Hall–Kier alpha value is -1.79. The standard InChI is InChI=1S/C13H16FN3O2/c1-9-3-4-10(7-11(9)14)13-16-15-12(8-18)17(13)5-6-19-2/h3-4,7,18H,5-6,8H2,1-2H3. The first-order chi connectivity index (χ1) is 9.17. The second kappa shape index (κ2) is 5.90. The minimum atomic E-state index is -0.288. The second-order valence-corrected chi connectivity index (χ2v) is 4.21. The van der Waals surface area contributed by atoms with Crippen LogP contribution in [0.4, 0.5) is 4.39 Å². The highest BCUT2D eigenvalue weighted by Crippen LogP contribution is 2.21. The van der Waals surface area contributed by atoms with Crippen LogP contribution >= 0.6 is 0 Å². The zero-order valence-corrected chi connectivity index (χ0v) is 10.9. The van der Waals surface area contributed by atoms with Crippen LogP contribution in [0.2, 0.25) is 0 Å². The summed E-state index contributed by atoms with van der Waals surface area (Å²) in [5.74, 6) is 0.678. The maximum atomic E-state index is 13.6. The van der Waals surface area contributed by atoms with Gasteiger partial charge in [-0.05, 0) is 18.6 Å². The van der Waals surface area contributed by atoms with Gasteiger partial charge in [0.15, 0.2) is 11.6 Å². The first-order valence-corrected chi connectivity index (χ1v) is 5.95. The van der Waals surface area contributed by atoms with Gasteiger partial charge in [-0.1, -0.05) is 12.1 Å². The maximum absolute atomic E-state index is 13.6. The molecule has 1 aromatic carbocycles. The molecule has 0 amide bonds. The number of hydrogen-bond donors (Lipinski definition) is 1. The van der Waals surface area contributed by atoms with Crippen molar-refractivity contribution in [2.45, 2.75) is 20.1 Å². The van der Waals surface area contributed by atoms with Crippen molar-refractivity contribution < 1.29 is 14.2 Å². The molecule has 1 aromatic heterocycles. The minimum absolute atomic E-state index is 0.217. The summed E-state index contributed by atoms with van der Waals surface area (Å²) in [4.78, 5) is 0. The van der Waals surface area contributed by atoms with Crippen molar-refractivity contribution in [3.05, 3.63) is 35.4 Å². The second-order valence-electron chi connectivity index (χ2n) is 4.21. The summed E-state index contributed by atoms with van der Waals surface area (Å²) in [5.41, 5.74) is 1.21. The molecule has 0 aliphatic carbocycles. The largest absolute Gasteiger partial charge is 0.388 e. The van der Waals surface area contributed by atoms with Gasteiger partial charge in [0, 0.05) is 19.2 Å². The lowest BCUT2D eigenvalue weighted by Gasteiger charge is -2.09. The van der Waals surface area contributed by atoms with Crippen molar-refractivity contribution in [1.82, 2.24) is 14.8 Å². The van der Waals surface area contributed by atoms with E-state index in [0.29, 0.717) is 35.9 Å². The Labute approximate surface area is 110 Å². The number of benzene rings is 1. The van der Waals surface area contributed by atoms with Gasteiger partial charge >= 0.3 is 0 Å². The number of aliphatic hydroxyl groups excluding tert-OH is 1. The Balaban J connectivity index is 2.42. The van der Waals surface area contributed by atoms with E-state index in [1.54, 1.807) is 30.7 Å². The van der Waals surface area contributed by atoms with Gasteiger partial charge in [-0.3, -0.25) is 0 Å². The van der Waals surface area contributed by atoms with E-state index in [9.17, 15) is 9.50 Å². The van der Waals surface area contributed by atoms with Crippen molar-refractivity contribution in [2.24, 2.45) is 0 Å². The van der Waals surface area contributed by atoms with E-state index < -0.39 is 0 Å². The van der Waals surface area contributed by atoms with E-state index >= 15 is 0 Å². The van der Waals surface area contributed by atoms with Crippen molar-refractivity contribution in [2.75, 3.05) is 13.7 Å². The molecule has 2 aromatic rings. The zero-order valence-electron chi connectivity index (χ0n) is 10.9. The Morgan fingerprint density at radius 2 is 2.16 bits per heavy atom. The van der Waals surface area contributed by atoms with Crippen molar-refractivity contribution in [3.63, 3.8) is 0 Å². The van der Waals surface area contributed by atoms with Crippen molar-refractivity contribution in [1.29, 1.82) is 0 Å². The molecule has 0 unspecified atom stereocenters. The number of nitrogens with zero attached hydrogens (tertiary/aromatic N) is 3. The highest BCUT2D eigenvalue weighted by Gasteiger charge is 2.14. The zero-order chi connectivity index (χ0) is 13.8. The fourth-order valence-corrected chi connectivity index (χ4v) is 1.82. The predicted octanol–water partition coefficient (Wildman–Crippen LogP) is 1.53. The van der Waals surface area contributed by atoms with Crippen LogP contribution in [0.1, 0.15) is 11.4 Å². The SMILES string of the molecule is COCCn1c(CO)nnc1-c1ccc(C)c(F)c1. The molecule has 0 aliphatic rings. The Morgan fingerprint density at radius 1 is 1.37 bits per heavy atom. The summed E-state index contributed by atoms with van der Waals surface area (Å²) in [6.07, 6.45) is 0. The molecule has 2 rings (SSSR count). The summed E-state index contributed by atoms with van der Waals surface area (Å²) in [5, 5.41) is 17.2. The van der Waals surface area contributed by atoms with Gasteiger partial charge in [-0.25, -0.2) is 4.39 Å². The van der Waals surface area contributed by atoms with Gasteiger partial charge in [-0.2, -0.15) is 0 Å². The molecule has 0 radical (unpaired) electrons. The lowest BCUT2D eigenvalue weighted by Crippen LogP contribution is -2.10. The molecule has 102 valence electrons. The monoisotopic (exact) mass is 265 g/mol. The fraction of sp³-hybridized carbons (Fsp3) is 0.385. The molecule has 0 atom stereocenters. The van der Waals surface area contributed by atoms with Crippen LogP contribution in [0.3, 0.4) is 0 Å². The smallest absolute Gasteiger partial charge is 0.164 e. The fourth-order valence-electron chi connectivity index (χ4n) is 1.82. The van der Waals surface area contributed by atoms with Crippen LogP contribution in [-0.2, 0) is 17.9 Å². The highest BCUT2D eigenvalue weighted by atomic mass is 19.1. The number of halogens is 1. The lowest BCUT2D eigenvalue weighted by atomic mass is 10.1. The van der Waals surface area contributed by atoms with Crippen molar-refractivity contribution in [3.8, 4) is 11.4 Å². The van der Waals surface area contributed by atoms with Gasteiger partial charge in [-0.15, -0.1) is 10.2 Å². The van der Waals surface area contributed by atoms with Crippen molar-refractivity contribution >= 4 is 0 Å². The van der Waals surface area contributed by atoms with Crippen LogP contribution in [-0.4, -0.2) is 33.6 Å². The van der Waals surface area contributed by atoms with E-state index in [4.69, 9.17) is 4.74 Å². The van der Waals surface area contributed by atoms with Gasteiger partial charge < -0.3 is 14.4 Å². The number of methoxy groups -OCH3 is 1. The van der Waals surface area contributed by atoms with E-state index in [0.717, 1.165) is 0 Å². The number of aromatic nitrogens is 3. The first-order valence-electron chi connectivity index (χ1n) is 5.95. The molecule has 0 bridgehead atoms. The van der Waals surface area contributed by atoms with Gasteiger partial charge in [0.05, 0.1) is 6.61 Å². The minimum Gasteiger partial charge on any atom is -0.388 e. The summed E-state index contributed by atoms with van der Waals surface area (Å²) < 4.78 is 20.4. The average Bonchev–Trinajstić information content (AvgIpc) is 2.82. The van der Waals surface area contributed by atoms with Gasteiger partial charge in [0.25, 0.3) is 0 Å².